The summed E-state index contributed by atoms with van der Waals surface area (Å²) in [6.45, 7) is 2.96. The average Bonchev–Trinajstić information content (AvgIpc) is 2.79. The van der Waals surface area contributed by atoms with E-state index in [4.69, 9.17) is 25.5 Å². The maximum atomic E-state index is 13.2. The van der Waals surface area contributed by atoms with Crippen molar-refractivity contribution in [1.82, 2.24) is 4.90 Å². The number of phenols is 1. The van der Waals surface area contributed by atoms with Crippen LogP contribution in [0.1, 0.15) is 31.2 Å². The number of hydrogen-bond donors (Lipinski definition) is 1. The van der Waals surface area contributed by atoms with Crippen molar-refractivity contribution in [3.8, 4) is 22.8 Å². The Kier molecular flexibility index (Phi) is 6.63. The fourth-order valence-corrected chi connectivity index (χ4v) is 4.62. The number of carbonyl (C=O) groups is 1. The molecule has 0 saturated carbocycles. The van der Waals surface area contributed by atoms with E-state index in [2.05, 4.69) is 4.90 Å². The molecule has 0 unspecified atom stereocenters. The summed E-state index contributed by atoms with van der Waals surface area (Å²) in [4.78, 5) is 27.4. The van der Waals surface area contributed by atoms with Crippen LogP contribution >= 0.6 is 11.6 Å². The fraction of sp³-hybridized carbons (Fsp3) is 0.360. The number of esters is 1. The van der Waals surface area contributed by atoms with E-state index in [-0.39, 0.29) is 52.0 Å². The van der Waals surface area contributed by atoms with Crippen LogP contribution in [0.4, 0.5) is 0 Å². The fourth-order valence-electron chi connectivity index (χ4n) is 4.39. The van der Waals surface area contributed by atoms with Crippen LogP contribution in [0, 0.1) is 0 Å². The van der Waals surface area contributed by atoms with Crippen LogP contribution in [-0.4, -0.2) is 49.3 Å². The Bertz CT molecular complexity index is 1250. The molecule has 1 N–H and O–H groups in total. The van der Waals surface area contributed by atoms with Gasteiger partial charge in [-0.15, -0.1) is 0 Å². The van der Waals surface area contributed by atoms with E-state index in [0.29, 0.717) is 29.1 Å². The molecule has 1 saturated heterocycles. The van der Waals surface area contributed by atoms with Crippen LogP contribution < -0.4 is 10.2 Å². The number of ether oxygens (including phenoxy) is 2. The average molecular weight is 472 g/mol. The summed E-state index contributed by atoms with van der Waals surface area (Å²) < 4.78 is 17.4. The lowest BCUT2D eigenvalue weighted by Crippen LogP contribution is -2.43. The van der Waals surface area contributed by atoms with Gasteiger partial charge in [-0.05, 0) is 32.1 Å². The van der Waals surface area contributed by atoms with E-state index in [9.17, 15) is 14.7 Å². The first-order chi connectivity index (χ1) is 15.8. The molecule has 174 valence electrons. The topological polar surface area (TPSA) is 89.2 Å². The van der Waals surface area contributed by atoms with Crippen molar-refractivity contribution in [3.05, 3.63) is 57.2 Å². The Morgan fingerprint density at radius 2 is 2.06 bits per heavy atom. The zero-order chi connectivity index (χ0) is 23.7. The van der Waals surface area contributed by atoms with Crippen molar-refractivity contribution in [2.75, 3.05) is 27.2 Å². The number of carbonyl (C=O) groups excluding carboxylic acids is 1. The van der Waals surface area contributed by atoms with Crippen molar-refractivity contribution in [2.45, 2.75) is 31.8 Å². The SMILES string of the molecule is CCC(=O)O[C@@H]1CN(C)CC[C@@H]1c1c(O)cc(OC)c2c(=O)cc(-c3ccccc3Cl)oc12. The van der Waals surface area contributed by atoms with Crippen molar-refractivity contribution in [2.24, 2.45) is 0 Å². The number of nitrogens with zero attached hydrogens (tertiary/aromatic N) is 1. The Morgan fingerprint density at radius 1 is 1.30 bits per heavy atom. The second-order valence-electron chi connectivity index (χ2n) is 8.21. The Labute approximate surface area is 196 Å². The monoisotopic (exact) mass is 471 g/mol. The molecule has 2 aromatic carbocycles. The molecule has 0 aliphatic carbocycles. The zero-order valence-electron chi connectivity index (χ0n) is 18.8. The molecule has 0 amide bonds. The molecule has 0 bridgehead atoms. The van der Waals surface area contributed by atoms with Gasteiger partial charge in [-0.3, -0.25) is 9.59 Å². The van der Waals surface area contributed by atoms with Gasteiger partial charge in [0.2, 0.25) is 0 Å². The number of likely N-dealkylation sites (N-methyl/N-ethyl adjacent to an activating group) is 1. The summed E-state index contributed by atoms with van der Waals surface area (Å²) >= 11 is 6.35. The molecule has 1 aromatic heterocycles. The number of rotatable bonds is 5. The number of likely N-dealkylation sites (tertiary alicyclic amines) is 1. The number of fused-ring (bicyclic) bond motifs is 1. The van der Waals surface area contributed by atoms with Gasteiger partial charge in [0.15, 0.2) is 5.43 Å². The minimum Gasteiger partial charge on any atom is -0.507 e. The van der Waals surface area contributed by atoms with Gasteiger partial charge < -0.3 is 23.9 Å². The summed E-state index contributed by atoms with van der Waals surface area (Å²) in [7, 11) is 3.38. The third-order valence-corrected chi connectivity index (χ3v) is 6.38. The van der Waals surface area contributed by atoms with Crippen LogP contribution in [0.25, 0.3) is 22.3 Å². The van der Waals surface area contributed by atoms with Gasteiger partial charge in [0, 0.05) is 42.1 Å². The highest BCUT2D eigenvalue weighted by atomic mass is 35.5. The number of piperidine rings is 1. The van der Waals surface area contributed by atoms with E-state index >= 15 is 0 Å². The third-order valence-electron chi connectivity index (χ3n) is 6.05. The van der Waals surface area contributed by atoms with Crippen LogP contribution in [0.2, 0.25) is 5.02 Å². The van der Waals surface area contributed by atoms with E-state index in [1.54, 1.807) is 31.2 Å². The van der Waals surface area contributed by atoms with Crippen molar-refractivity contribution >= 4 is 28.5 Å². The largest absolute Gasteiger partial charge is 0.507 e. The molecular weight excluding hydrogens is 446 g/mol. The lowest BCUT2D eigenvalue weighted by atomic mass is 9.85. The normalized spacial score (nSPS) is 18.9. The number of aromatic hydroxyl groups is 1. The summed E-state index contributed by atoms with van der Waals surface area (Å²) in [6.07, 6.45) is 0.342. The quantitative estimate of drug-likeness (QED) is 0.545. The minimum absolute atomic E-state index is 0.0779. The van der Waals surface area contributed by atoms with Gasteiger partial charge in [-0.25, -0.2) is 0 Å². The van der Waals surface area contributed by atoms with Crippen LogP contribution in [0.15, 0.2) is 45.6 Å². The Morgan fingerprint density at radius 3 is 2.76 bits per heavy atom. The molecule has 3 aromatic rings. The standard InChI is InChI=1S/C25H26ClNO6/c1-4-22(30)32-21-13-27(2)10-9-15(21)23-17(28)12-20(31-3)24-18(29)11-19(33-25(23)24)14-7-5-6-8-16(14)26/h5-8,11-12,15,21,28H,4,9-10,13H2,1-3H3/t15-,21+/m0/s1. The van der Waals surface area contributed by atoms with Crippen molar-refractivity contribution in [3.63, 3.8) is 0 Å². The second-order valence-corrected chi connectivity index (χ2v) is 8.62. The van der Waals surface area contributed by atoms with E-state index in [1.165, 1.54) is 19.2 Å². The first-order valence-corrected chi connectivity index (χ1v) is 11.2. The van der Waals surface area contributed by atoms with Crippen LogP contribution in [0.5, 0.6) is 11.5 Å². The van der Waals surface area contributed by atoms with E-state index in [0.717, 1.165) is 6.54 Å². The molecule has 2 atom stereocenters. The Balaban J connectivity index is 1.97. The summed E-state index contributed by atoms with van der Waals surface area (Å²) in [5.74, 6) is -0.278. The molecule has 1 fully saturated rings. The van der Waals surface area contributed by atoms with Gasteiger partial charge in [0.25, 0.3) is 0 Å². The maximum Gasteiger partial charge on any atom is 0.305 e. The molecule has 7 nitrogen and oxygen atoms in total. The summed E-state index contributed by atoms with van der Waals surface area (Å²) in [5.41, 5.74) is 0.878. The predicted octanol–water partition coefficient (Wildman–Crippen LogP) is 4.57. The number of hydrogen-bond acceptors (Lipinski definition) is 7. The highest BCUT2D eigenvalue weighted by molar-refractivity contribution is 6.33. The molecule has 8 heteroatoms. The number of methoxy groups -OCH3 is 1. The Hall–Kier alpha value is -3.03. The molecule has 0 spiro atoms. The number of benzene rings is 2. The van der Waals surface area contributed by atoms with Gasteiger partial charge in [0.05, 0.1) is 12.1 Å². The predicted molar refractivity (Wildman–Crippen MR) is 126 cm³/mol. The van der Waals surface area contributed by atoms with Gasteiger partial charge in [-0.2, -0.15) is 0 Å². The molecule has 2 heterocycles. The lowest BCUT2D eigenvalue weighted by Gasteiger charge is -2.36. The van der Waals surface area contributed by atoms with Crippen LogP contribution in [-0.2, 0) is 9.53 Å². The highest BCUT2D eigenvalue weighted by Crippen LogP contribution is 2.44. The maximum absolute atomic E-state index is 13.2. The zero-order valence-corrected chi connectivity index (χ0v) is 19.5. The molecular formula is C25H26ClNO6. The van der Waals surface area contributed by atoms with Crippen molar-refractivity contribution < 1.29 is 23.8 Å². The van der Waals surface area contributed by atoms with E-state index < -0.39 is 6.10 Å². The molecule has 0 radical (unpaired) electrons. The smallest absolute Gasteiger partial charge is 0.305 e. The molecule has 33 heavy (non-hydrogen) atoms. The van der Waals surface area contributed by atoms with Gasteiger partial charge >= 0.3 is 5.97 Å². The second kappa shape index (κ2) is 9.45. The number of halogens is 1. The third kappa shape index (κ3) is 4.43. The van der Waals surface area contributed by atoms with Crippen LogP contribution in [0.3, 0.4) is 0 Å². The first-order valence-electron chi connectivity index (χ1n) is 10.8. The lowest BCUT2D eigenvalue weighted by molar-refractivity contribution is -0.152. The number of phenolic OH excluding ortho intramolecular Hbond substituents is 1. The first kappa shape index (κ1) is 23.1. The molecule has 1 aliphatic heterocycles. The minimum atomic E-state index is -0.507. The summed E-state index contributed by atoms with van der Waals surface area (Å²) in [6, 6.07) is 9.84. The summed E-state index contributed by atoms with van der Waals surface area (Å²) in [5, 5.41) is 11.7. The van der Waals surface area contributed by atoms with E-state index in [1.807, 2.05) is 7.05 Å². The van der Waals surface area contributed by atoms with Crippen molar-refractivity contribution in [1.29, 1.82) is 0 Å². The molecule has 4 rings (SSSR count). The highest BCUT2D eigenvalue weighted by Gasteiger charge is 2.36. The molecule has 1 aliphatic rings. The van der Waals surface area contributed by atoms with Gasteiger partial charge in [-0.1, -0.05) is 30.7 Å². The van der Waals surface area contributed by atoms with Gasteiger partial charge in [0.1, 0.15) is 34.3 Å².